The van der Waals surface area contributed by atoms with Gasteiger partial charge in [0.1, 0.15) is 30.6 Å². The Labute approximate surface area is 205 Å². The lowest BCUT2D eigenvalue weighted by atomic mass is 9.99. The van der Waals surface area contributed by atoms with Crippen LogP contribution in [0, 0.1) is 12.8 Å². The zero-order valence-electron chi connectivity index (χ0n) is 20.4. The summed E-state index contributed by atoms with van der Waals surface area (Å²) in [5, 5.41) is 21.3. The third-order valence-corrected chi connectivity index (χ3v) is 6.64. The smallest absolute Gasteiger partial charge is 0.161 e. The molecular formula is C25H33N7O3. The SMILES string of the molecule is CNCC(O)COc1cccc(-c2nc(C[C@@H]3CCOC3)c(C)c(N3CCn4cnnc4C3)n2)c1. The lowest BCUT2D eigenvalue weighted by Gasteiger charge is -2.30. The summed E-state index contributed by atoms with van der Waals surface area (Å²) in [4.78, 5) is 12.3. The van der Waals surface area contributed by atoms with E-state index in [4.69, 9.17) is 19.4 Å². The van der Waals surface area contributed by atoms with Crippen molar-refractivity contribution in [3.05, 3.63) is 47.7 Å². The standard InChI is InChI=1S/C25H33N7O3/c1-17-22(10-18-6-9-34-14-18)28-24(19-4-3-5-21(11-19)35-15-20(33)12-26-2)29-25(17)31-7-8-32-16-27-30-23(32)13-31/h3-5,11,16,18,20,26,33H,6-10,12-15H2,1-2H3/t18-,20?/m0/s1. The molecule has 2 atom stereocenters. The van der Waals surface area contributed by atoms with Gasteiger partial charge in [-0.15, -0.1) is 10.2 Å². The molecule has 2 aromatic heterocycles. The van der Waals surface area contributed by atoms with Crippen LogP contribution >= 0.6 is 0 Å². The fourth-order valence-electron chi connectivity index (χ4n) is 4.66. The molecule has 5 rings (SSSR count). The molecule has 1 fully saturated rings. The van der Waals surface area contributed by atoms with Gasteiger partial charge in [-0.25, -0.2) is 9.97 Å². The van der Waals surface area contributed by atoms with E-state index in [0.29, 0.717) is 30.6 Å². The van der Waals surface area contributed by atoms with Crippen molar-refractivity contribution in [2.75, 3.05) is 44.9 Å². The molecule has 2 aliphatic heterocycles. The van der Waals surface area contributed by atoms with Gasteiger partial charge in [0.15, 0.2) is 11.6 Å². The van der Waals surface area contributed by atoms with Crippen LogP contribution in [-0.4, -0.2) is 75.9 Å². The van der Waals surface area contributed by atoms with Gasteiger partial charge >= 0.3 is 0 Å². The fourth-order valence-corrected chi connectivity index (χ4v) is 4.66. The second-order valence-corrected chi connectivity index (χ2v) is 9.29. The minimum Gasteiger partial charge on any atom is -0.491 e. The maximum atomic E-state index is 10.00. The number of nitrogens with zero attached hydrogens (tertiary/aromatic N) is 6. The van der Waals surface area contributed by atoms with Crippen molar-refractivity contribution in [2.45, 2.75) is 39.0 Å². The van der Waals surface area contributed by atoms with E-state index < -0.39 is 6.10 Å². The van der Waals surface area contributed by atoms with Crippen LogP contribution in [0.15, 0.2) is 30.6 Å². The summed E-state index contributed by atoms with van der Waals surface area (Å²) in [6.45, 7) is 6.72. The Morgan fingerprint density at radius 3 is 3.03 bits per heavy atom. The molecule has 10 nitrogen and oxygen atoms in total. The number of hydrogen-bond donors (Lipinski definition) is 2. The van der Waals surface area contributed by atoms with E-state index in [9.17, 15) is 5.11 Å². The van der Waals surface area contributed by atoms with Crippen molar-refractivity contribution in [3.63, 3.8) is 0 Å². The minimum atomic E-state index is -0.577. The molecule has 0 bridgehead atoms. The number of fused-ring (bicyclic) bond motifs is 1. The van der Waals surface area contributed by atoms with Gasteiger partial charge in [0.05, 0.1) is 6.54 Å². The zero-order valence-corrected chi connectivity index (χ0v) is 20.4. The van der Waals surface area contributed by atoms with Gasteiger partial charge in [0, 0.05) is 49.7 Å². The fraction of sp³-hybridized carbons (Fsp3) is 0.520. The quantitative estimate of drug-likeness (QED) is 0.473. The number of rotatable bonds is 9. The Bertz CT molecular complexity index is 1150. The molecule has 4 heterocycles. The Morgan fingerprint density at radius 1 is 1.29 bits per heavy atom. The van der Waals surface area contributed by atoms with Gasteiger partial charge in [0.25, 0.3) is 0 Å². The maximum Gasteiger partial charge on any atom is 0.161 e. The number of ether oxygens (including phenoxy) is 2. The molecule has 2 N–H and O–H groups in total. The highest BCUT2D eigenvalue weighted by Crippen LogP contribution is 2.30. The molecule has 0 amide bonds. The van der Waals surface area contributed by atoms with Crippen LogP contribution < -0.4 is 15.0 Å². The summed E-state index contributed by atoms with van der Waals surface area (Å²) < 4.78 is 13.5. The van der Waals surface area contributed by atoms with Crippen molar-refractivity contribution < 1.29 is 14.6 Å². The van der Waals surface area contributed by atoms with E-state index in [1.165, 1.54) is 0 Å². The summed E-state index contributed by atoms with van der Waals surface area (Å²) in [6.07, 6.45) is 3.13. The molecule has 0 aliphatic carbocycles. The highest BCUT2D eigenvalue weighted by molar-refractivity contribution is 5.62. The van der Waals surface area contributed by atoms with E-state index in [1.54, 1.807) is 13.4 Å². The molecule has 1 aromatic carbocycles. The normalized spacial score (nSPS) is 18.5. The number of nitrogens with one attached hydrogen (secondary N) is 1. The van der Waals surface area contributed by atoms with Gasteiger partial charge < -0.3 is 29.4 Å². The average molecular weight is 480 g/mol. The minimum absolute atomic E-state index is 0.214. The molecule has 3 aromatic rings. The molecular weight excluding hydrogens is 446 g/mol. The second-order valence-electron chi connectivity index (χ2n) is 9.29. The Morgan fingerprint density at radius 2 is 2.20 bits per heavy atom. The van der Waals surface area contributed by atoms with Crippen molar-refractivity contribution >= 4 is 5.82 Å². The van der Waals surface area contributed by atoms with E-state index >= 15 is 0 Å². The third-order valence-electron chi connectivity index (χ3n) is 6.64. The molecule has 1 saturated heterocycles. The molecule has 10 heteroatoms. The number of aliphatic hydroxyl groups excluding tert-OH is 1. The summed E-state index contributed by atoms with van der Waals surface area (Å²) >= 11 is 0. The molecule has 0 saturated carbocycles. The van der Waals surface area contributed by atoms with Crippen molar-refractivity contribution in [1.82, 2.24) is 30.0 Å². The van der Waals surface area contributed by atoms with E-state index in [-0.39, 0.29) is 6.61 Å². The lowest BCUT2D eigenvalue weighted by Crippen LogP contribution is -2.35. The third kappa shape index (κ3) is 5.44. The van der Waals surface area contributed by atoms with Crippen LogP contribution in [0.5, 0.6) is 5.75 Å². The molecule has 35 heavy (non-hydrogen) atoms. The largest absolute Gasteiger partial charge is 0.491 e. The maximum absolute atomic E-state index is 10.00. The van der Waals surface area contributed by atoms with Crippen molar-refractivity contribution in [2.24, 2.45) is 5.92 Å². The molecule has 1 unspecified atom stereocenters. The van der Waals surface area contributed by atoms with Crippen LogP contribution in [0.3, 0.4) is 0 Å². The number of aromatic nitrogens is 5. The van der Waals surface area contributed by atoms with Crippen LogP contribution in [0.25, 0.3) is 11.4 Å². The van der Waals surface area contributed by atoms with Gasteiger partial charge in [-0.3, -0.25) is 0 Å². The summed E-state index contributed by atoms with van der Waals surface area (Å²) in [6, 6.07) is 7.77. The number of aliphatic hydroxyl groups is 1. The Balaban J connectivity index is 1.46. The van der Waals surface area contributed by atoms with Crippen LogP contribution in [0.1, 0.15) is 23.5 Å². The van der Waals surface area contributed by atoms with Crippen LogP contribution in [-0.2, 0) is 24.2 Å². The van der Waals surface area contributed by atoms with Gasteiger partial charge in [0.2, 0.25) is 0 Å². The Hall–Kier alpha value is -3.08. The van der Waals surface area contributed by atoms with Crippen molar-refractivity contribution in [1.29, 1.82) is 0 Å². The molecule has 2 aliphatic rings. The first-order chi connectivity index (χ1) is 17.1. The Kier molecular flexibility index (Phi) is 7.21. The highest BCUT2D eigenvalue weighted by Gasteiger charge is 2.25. The first kappa shape index (κ1) is 23.7. The lowest BCUT2D eigenvalue weighted by molar-refractivity contribution is 0.108. The van der Waals surface area contributed by atoms with Crippen LogP contribution in [0.2, 0.25) is 0 Å². The van der Waals surface area contributed by atoms with Gasteiger partial charge in [-0.1, -0.05) is 12.1 Å². The topological polar surface area (TPSA) is 110 Å². The molecule has 0 radical (unpaired) electrons. The van der Waals surface area contributed by atoms with E-state index in [0.717, 1.165) is 67.6 Å². The first-order valence-corrected chi connectivity index (χ1v) is 12.2. The van der Waals surface area contributed by atoms with Gasteiger partial charge in [-0.2, -0.15) is 0 Å². The highest BCUT2D eigenvalue weighted by atomic mass is 16.5. The number of anilines is 1. The van der Waals surface area contributed by atoms with E-state index in [1.807, 2.05) is 24.3 Å². The average Bonchev–Trinajstić information content (AvgIpc) is 3.56. The summed E-state index contributed by atoms with van der Waals surface area (Å²) in [7, 11) is 1.80. The zero-order chi connectivity index (χ0) is 24.2. The second kappa shape index (κ2) is 10.7. The number of benzene rings is 1. The van der Waals surface area contributed by atoms with Gasteiger partial charge in [-0.05, 0) is 44.9 Å². The summed E-state index contributed by atoms with van der Waals surface area (Å²) in [5.74, 6) is 3.70. The van der Waals surface area contributed by atoms with E-state index in [2.05, 4.69) is 31.9 Å². The van der Waals surface area contributed by atoms with Crippen LogP contribution in [0.4, 0.5) is 5.82 Å². The molecule has 0 spiro atoms. The predicted molar refractivity (Wildman–Crippen MR) is 131 cm³/mol. The monoisotopic (exact) mass is 479 g/mol. The number of hydrogen-bond acceptors (Lipinski definition) is 9. The summed E-state index contributed by atoms with van der Waals surface area (Å²) in [5.41, 5.74) is 3.05. The predicted octanol–water partition coefficient (Wildman–Crippen LogP) is 1.60. The molecule has 186 valence electrons. The van der Waals surface area contributed by atoms with Crippen molar-refractivity contribution in [3.8, 4) is 17.1 Å². The number of likely N-dealkylation sites (N-methyl/N-ethyl adjacent to an activating group) is 1. The first-order valence-electron chi connectivity index (χ1n) is 12.2.